The Kier molecular flexibility index (Phi) is 4.54. The Hall–Kier alpha value is -4.34. The minimum Gasteiger partial charge on any atom is -0.404 e. The van der Waals surface area contributed by atoms with Crippen molar-refractivity contribution in [3.8, 4) is 17.5 Å². The number of nitrogens with zero attached hydrogens (tertiary/aromatic N) is 7. The van der Waals surface area contributed by atoms with Crippen molar-refractivity contribution in [1.82, 2.24) is 29.4 Å². The number of nitrogens with one attached hydrogen (secondary N) is 2. The van der Waals surface area contributed by atoms with Crippen molar-refractivity contribution in [1.29, 1.82) is 5.26 Å². The first-order valence-corrected chi connectivity index (χ1v) is 9.47. The Morgan fingerprint density at radius 2 is 2.03 bits per heavy atom. The summed E-state index contributed by atoms with van der Waals surface area (Å²) < 4.78 is 45.8. The van der Waals surface area contributed by atoms with Crippen molar-refractivity contribution < 1.29 is 17.9 Å². The first-order valence-electron chi connectivity index (χ1n) is 9.47. The molecule has 2 N–H and O–H groups in total. The van der Waals surface area contributed by atoms with Crippen molar-refractivity contribution in [2.45, 2.75) is 25.2 Å². The molecule has 3 aromatic heterocycles. The van der Waals surface area contributed by atoms with Gasteiger partial charge in [-0.25, -0.2) is 14.6 Å². The number of nitriles is 1. The van der Waals surface area contributed by atoms with Crippen molar-refractivity contribution in [2.24, 2.45) is 0 Å². The molecular weight excluding hydrogens is 427 g/mol. The summed E-state index contributed by atoms with van der Waals surface area (Å²) in [6, 6.07) is 7.91. The average molecular weight is 441 g/mol. The van der Waals surface area contributed by atoms with E-state index >= 15 is 0 Å². The molecule has 4 aromatic rings. The number of ether oxygens (including phenoxy) is 1. The van der Waals surface area contributed by atoms with Gasteiger partial charge in [0.1, 0.15) is 18.7 Å². The molecule has 0 atom stereocenters. The molecule has 162 valence electrons. The summed E-state index contributed by atoms with van der Waals surface area (Å²) >= 11 is 0. The predicted octanol–water partition coefficient (Wildman–Crippen LogP) is 3.40. The first kappa shape index (κ1) is 19.6. The topological polar surface area (TPSA) is 118 Å². The van der Waals surface area contributed by atoms with Crippen LogP contribution in [0.2, 0.25) is 0 Å². The third-order valence-electron chi connectivity index (χ3n) is 4.65. The number of aromatic nitrogens is 6. The molecule has 0 bridgehead atoms. The van der Waals surface area contributed by atoms with Gasteiger partial charge in [-0.2, -0.15) is 14.9 Å². The van der Waals surface area contributed by atoms with Crippen LogP contribution in [0.5, 0.6) is 5.75 Å². The molecule has 3 heterocycles. The number of fused-ring (bicyclic) bond motifs is 1. The average Bonchev–Trinajstić information content (AvgIpc) is 3.23. The third kappa shape index (κ3) is 3.97. The van der Waals surface area contributed by atoms with Gasteiger partial charge in [0.2, 0.25) is 0 Å². The van der Waals surface area contributed by atoms with Crippen molar-refractivity contribution in [3.63, 3.8) is 0 Å². The van der Waals surface area contributed by atoms with E-state index in [1.54, 1.807) is 6.07 Å². The summed E-state index contributed by atoms with van der Waals surface area (Å²) in [6.45, 7) is 0. The molecule has 10 nitrogen and oxygen atoms in total. The maximum atomic E-state index is 13.0. The second-order valence-electron chi connectivity index (χ2n) is 7.05. The summed E-state index contributed by atoms with van der Waals surface area (Å²) in [6.07, 6.45) is 1.20. The summed E-state index contributed by atoms with van der Waals surface area (Å²) in [5, 5.41) is 23.8. The monoisotopic (exact) mass is 441 g/mol. The molecular formula is C19H14F3N9O. The van der Waals surface area contributed by atoms with E-state index in [2.05, 4.69) is 35.5 Å². The zero-order chi connectivity index (χ0) is 22.3. The Balaban J connectivity index is 1.58. The van der Waals surface area contributed by atoms with E-state index in [9.17, 15) is 18.4 Å². The van der Waals surface area contributed by atoms with E-state index in [0.29, 0.717) is 17.0 Å². The molecule has 1 fully saturated rings. The number of halogens is 3. The van der Waals surface area contributed by atoms with Crippen LogP contribution in [-0.4, -0.2) is 41.8 Å². The lowest BCUT2D eigenvalue weighted by atomic mass is 10.2. The van der Waals surface area contributed by atoms with Gasteiger partial charge in [-0.1, -0.05) is 0 Å². The van der Waals surface area contributed by atoms with Crippen LogP contribution < -0.4 is 15.4 Å². The van der Waals surface area contributed by atoms with Crippen LogP contribution in [0.15, 0.2) is 43.1 Å². The van der Waals surface area contributed by atoms with Gasteiger partial charge in [-0.05, 0) is 31.0 Å². The van der Waals surface area contributed by atoms with Gasteiger partial charge in [-0.15, -0.1) is 18.3 Å². The molecule has 0 saturated heterocycles. The van der Waals surface area contributed by atoms with Gasteiger partial charge < -0.3 is 15.4 Å². The number of hydrogen-bond acceptors (Lipinski definition) is 8. The van der Waals surface area contributed by atoms with Crippen LogP contribution in [0.3, 0.4) is 0 Å². The smallest absolute Gasteiger partial charge is 0.404 e. The van der Waals surface area contributed by atoms with E-state index < -0.39 is 12.1 Å². The van der Waals surface area contributed by atoms with E-state index in [-0.39, 0.29) is 23.2 Å². The first-order chi connectivity index (χ1) is 15.4. The zero-order valence-electron chi connectivity index (χ0n) is 16.2. The number of rotatable bonds is 6. The molecule has 1 aliphatic rings. The Morgan fingerprint density at radius 3 is 2.72 bits per heavy atom. The standard InChI is InChI=1S/C19H14F3N9O/c20-19(21,22)32-16-4-3-12(30-10-24-9-26-30)5-14(16)28-17-6-15(27-11-1-2-11)18-25-8-13(7-23)31(18)29-17/h3-6,8-11,27H,1-2H2,(H,28,29). The van der Waals surface area contributed by atoms with E-state index in [4.69, 9.17) is 0 Å². The maximum absolute atomic E-state index is 13.0. The third-order valence-corrected chi connectivity index (χ3v) is 4.65. The van der Waals surface area contributed by atoms with Crippen LogP contribution in [0.1, 0.15) is 18.5 Å². The molecule has 0 amide bonds. The highest BCUT2D eigenvalue weighted by Gasteiger charge is 2.32. The zero-order valence-corrected chi connectivity index (χ0v) is 16.2. The fraction of sp³-hybridized carbons (Fsp3) is 0.211. The molecule has 13 heteroatoms. The Morgan fingerprint density at radius 1 is 1.19 bits per heavy atom. The van der Waals surface area contributed by atoms with Gasteiger partial charge in [0, 0.05) is 12.1 Å². The van der Waals surface area contributed by atoms with E-state index in [1.807, 2.05) is 6.07 Å². The number of anilines is 3. The molecule has 1 saturated carbocycles. The Bertz CT molecular complexity index is 1320. The summed E-state index contributed by atoms with van der Waals surface area (Å²) in [7, 11) is 0. The fourth-order valence-corrected chi connectivity index (χ4v) is 3.11. The lowest BCUT2D eigenvalue weighted by molar-refractivity contribution is -0.274. The Labute approximate surface area is 178 Å². The molecule has 1 aromatic carbocycles. The highest BCUT2D eigenvalue weighted by Crippen LogP contribution is 2.35. The molecule has 0 spiro atoms. The van der Waals surface area contributed by atoms with Crippen molar-refractivity contribution in [2.75, 3.05) is 10.6 Å². The fourth-order valence-electron chi connectivity index (χ4n) is 3.11. The van der Waals surface area contributed by atoms with Crippen LogP contribution in [-0.2, 0) is 0 Å². The highest BCUT2D eigenvalue weighted by atomic mass is 19.4. The summed E-state index contributed by atoms with van der Waals surface area (Å²) in [4.78, 5) is 8.07. The quantitative estimate of drug-likeness (QED) is 0.468. The highest BCUT2D eigenvalue weighted by molar-refractivity contribution is 5.75. The lowest BCUT2D eigenvalue weighted by Gasteiger charge is -2.16. The minimum absolute atomic E-state index is 0.00169. The number of imidazole rings is 1. The second-order valence-corrected chi connectivity index (χ2v) is 7.05. The van der Waals surface area contributed by atoms with Crippen LogP contribution >= 0.6 is 0 Å². The van der Waals surface area contributed by atoms with Gasteiger partial charge in [-0.3, -0.25) is 0 Å². The van der Waals surface area contributed by atoms with Crippen LogP contribution in [0.25, 0.3) is 11.3 Å². The van der Waals surface area contributed by atoms with E-state index in [1.165, 1.54) is 46.2 Å². The molecule has 0 radical (unpaired) electrons. The minimum atomic E-state index is -4.89. The molecule has 5 rings (SSSR count). The SMILES string of the molecule is N#Cc1cnc2c(NC3CC3)cc(Nc3cc(-n4cncn4)ccc3OC(F)(F)F)nn12. The van der Waals surface area contributed by atoms with Crippen molar-refractivity contribution >= 4 is 22.8 Å². The van der Waals surface area contributed by atoms with Gasteiger partial charge in [0.15, 0.2) is 22.9 Å². The van der Waals surface area contributed by atoms with Crippen LogP contribution in [0, 0.1) is 11.3 Å². The molecule has 32 heavy (non-hydrogen) atoms. The second kappa shape index (κ2) is 7.41. The number of benzene rings is 1. The molecule has 1 aliphatic carbocycles. The molecule has 0 unspecified atom stereocenters. The predicted molar refractivity (Wildman–Crippen MR) is 106 cm³/mol. The van der Waals surface area contributed by atoms with Crippen LogP contribution in [0.4, 0.5) is 30.4 Å². The normalized spacial score (nSPS) is 13.7. The summed E-state index contributed by atoms with van der Waals surface area (Å²) in [5.41, 5.74) is 1.69. The molecule has 0 aliphatic heterocycles. The lowest BCUT2D eigenvalue weighted by Crippen LogP contribution is -2.18. The number of hydrogen-bond donors (Lipinski definition) is 2. The van der Waals surface area contributed by atoms with E-state index in [0.717, 1.165) is 12.8 Å². The van der Waals surface area contributed by atoms with Gasteiger partial charge in [0.05, 0.1) is 23.3 Å². The number of alkyl halides is 3. The van der Waals surface area contributed by atoms with Gasteiger partial charge >= 0.3 is 6.36 Å². The maximum Gasteiger partial charge on any atom is 0.573 e. The summed E-state index contributed by atoms with van der Waals surface area (Å²) in [5.74, 6) is -0.260. The van der Waals surface area contributed by atoms with Crippen molar-refractivity contribution in [3.05, 3.63) is 48.8 Å². The van der Waals surface area contributed by atoms with Gasteiger partial charge in [0.25, 0.3) is 0 Å². The largest absolute Gasteiger partial charge is 0.573 e.